The van der Waals surface area contributed by atoms with Crippen molar-refractivity contribution in [2.75, 3.05) is 18.1 Å². The van der Waals surface area contributed by atoms with Gasteiger partial charge in [0.2, 0.25) is 0 Å². The molecule has 1 fully saturated rings. The van der Waals surface area contributed by atoms with E-state index in [2.05, 4.69) is 0 Å². The molecule has 4 nitrogen and oxygen atoms in total. The molecule has 1 aliphatic heterocycles. The van der Waals surface area contributed by atoms with Crippen molar-refractivity contribution in [3.05, 3.63) is 29.8 Å². The van der Waals surface area contributed by atoms with Crippen LogP contribution in [0.2, 0.25) is 0 Å². The Labute approximate surface area is 120 Å². The van der Waals surface area contributed by atoms with E-state index in [1.165, 1.54) is 17.0 Å². The molecule has 0 aliphatic carbocycles. The third-order valence-corrected chi connectivity index (χ3v) is 3.45. The number of anilines is 1. The van der Waals surface area contributed by atoms with Crippen LogP contribution in [0.5, 0.6) is 0 Å². The van der Waals surface area contributed by atoms with Gasteiger partial charge in [0.05, 0.1) is 12.2 Å². The van der Waals surface area contributed by atoms with E-state index in [1.54, 1.807) is 6.92 Å². The molecule has 1 heterocycles. The van der Waals surface area contributed by atoms with Gasteiger partial charge >= 0.3 is 12.1 Å². The third-order valence-electron chi connectivity index (χ3n) is 3.45. The highest BCUT2D eigenvalue weighted by molar-refractivity contribution is 5.75. The maximum absolute atomic E-state index is 12.7. The number of hydrogen-bond donors (Lipinski definition) is 1. The van der Waals surface area contributed by atoms with Crippen molar-refractivity contribution in [1.82, 2.24) is 0 Å². The first-order valence-corrected chi connectivity index (χ1v) is 6.63. The van der Waals surface area contributed by atoms with E-state index in [4.69, 9.17) is 4.74 Å². The number of alkyl halides is 3. The Balaban J connectivity index is 2.18. The Morgan fingerprint density at radius 2 is 2.19 bits per heavy atom. The number of aliphatic hydroxyl groups is 1. The van der Waals surface area contributed by atoms with Crippen molar-refractivity contribution in [1.29, 1.82) is 0 Å². The molecule has 7 heteroatoms. The standard InChI is InChI=1S/C14H16F3NO3/c1-2-21-13(20)11-6-7-18(12(11)19)10-5-3-4-9(8-10)14(15,16)17/h3-5,8,11-12,19H,2,6-7H2,1H3. The fourth-order valence-corrected chi connectivity index (χ4v) is 2.41. The molecule has 2 rings (SSSR count). The van der Waals surface area contributed by atoms with Gasteiger partial charge in [-0.15, -0.1) is 0 Å². The molecule has 0 radical (unpaired) electrons. The van der Waals surface area contributed by atoms with Crippen LogP contribution >= 0.6 is 0 Å². The minimum absolute atomic E-state index is 0.200. The van der Waals surface area contributed by atoms with Crippen molar-refractivity contribution in [2.45, 2.75) is 25.7 Å². The monoisotopic (exact) mass is 303 g/mol. The highest BCUT2D eigenvalue weighted by atomic mass is 19.4. The van der Waals surface area contributed by atoms with Crippen LogP contribution in [0, 0.1) is 5.92 Å². The summed E-state index contributed by atoms with van der Waals surface area (Å²) in [7, 11) is 0. The zero-order chi connectivity index (χ0) is 15.6. The molecular formula is C14H16F3NO3. The van der Waals surface area contributed by atoms with Crippen LogP contribution in [0.3, 0.4) is 0 Å². The van der Waals surface area contributed by atoms with Crippen LogP contribution in [-0.4, -0.2) is 30.5 Å². The van der Waals surface area contributed by atoms with E-state index in [0.717, 1.165) is 12.1 Å². The Morgan fingerprint density at radius 1 is 1.48 bits per heavy atom. The summed E-state index contributed by atoms with van der Waals surface area (Å²) in [6.45, 7) is 2.15. The summed E-state index contributed by atoms with van der Waals surface area (Å²) >= 11 is 0. The molecule has 1 N–H and O–H groups in total. The molecule has 116 valence electrons. The van der Waals surface area contributed by atoms with Crippen molar-refractivity contribution < 1.29 is 27.8 Å². The molecular weight excluding hydrogens is 287 g/mol. The zero-order valence-electron chi connectivity index (χ0n) is 11.4. The predicted molar refractivity (Wildman–Crippen MR) is 69.5 cm³/mol. The summed E-state index contributed by atoms with van der Waals surface area (Å²) in [6, 6.07) is 4.69. The van der Waals surface area contributed by atoms with Gasteiger partial charge in [0, 0.05) is 12.2 Å². The molecule has 0 aromatic heterocycles. The summed E-state index contributed by atoms with van der Waals surface area (Å²) in [5.41, 5.74) is -0.545. The predicted octanol–water partition coefficient (Wildman–Crippen LogP) is 2.41. The summed E-state index contributed by atoms with van der Waals surface area (Å²) in [5.74, 6) is -1.26. The first kappa shape index (κ1) is 15.6. The fraction of sp³-hybridized carbons (Fsp3) is 0.500. The van der Waals surface area contributed by atoms with Crippen molar-refractivity contribution in [3.63, 3.8) is 0 Å². The lowest BCUT2D eigenvalue weighted by Gasteiger charge is -2.25. The van der Waals surface area contributed by atoms with Gasteiger partial charge in [-0.25, -0.2) is 0 Å². The molecule has 21 heavy (non-hydrogen) atoms. The van der Waals surface area contributed by atoms with Crippen LogP contribution in [0.1, 0.15) is 18.9 Å². The van der Waals surface area contributed by atoms with E-state index in [-0.39, 0.29) is 12.3 Å². The van der Waals surface area contributed by atoms with Gasteiger partial charge in [-0.1, -0.05) is 6.07 Å². The molecule has 2 unspecified atom stereocenters. The number of halogens is 3. The van der Waals surface area contributed by atoms with Gasteiger partial charge in [0.25, 0.3) is 0 Å². The molecule has 0 bridgehead atoms. The number of ether oxygens (including phenoxy) is 1. The molecule has 0 spiro atoms. The van der Waals surface area contributed by atoms with Gasteiger partial charge in [0.1, 0.15) is 12.1 Å². The third kappa shape index (κ3) is 3.29. The van der Waals surface area contributed by atoms with Crippen molar-refractivity contribution in [2.24, 2.45) is 5.92 Å². The normalized spacial score (nSPS) is 22.4. The Hall–Kier alpha value is -1.76. The number of hydrogen-bond acceptors (Lipinski definition) is 4. The summed E-state index contributed by atoms with van der Waals surface area (Å²) < 4.78 is 43.0. The summed E-state index contributed by atoms with van der Waals surface area (Å²) in [6.07, 6.45) is -5.27. The van der Waals surface area contributed by atoms with E-state index >= 15 is 0 Å². The second kappa shape index (κ2) is 5.93. The molecule has 1 saturated heterocycles. The van der Waals surface area contributed by atoms with E-state index < -0.39 is 29.9 Å². The molecule has 2 atom stereocenters. The minimum atomic E-state index is -4.44. The lowest BCUT2D eigenvalue weighted by Crippen LogP contribution is -2.36. The van der Waals surface area contributed by atoms with Crippen LogP contribution in [-0.2, 0) is 15.7 Å². The van der Waals surface area contributed by atoms with Gasteiger partial charge < -0.3 is 14.7 Å². The topological polar surface area (TPSA) is 49.8 Å². The first-order valence-electron chi connectivity index (χ1n) is 6.63. The second-order valence-corrected chi connectivity index (χ2v) is 4.80. The Kier molecular flexibility index (Phi) is 4.41. The molecule has 1 aromatic carbocycles. The minimum Gasteiger partial charge on any atom is -0.466 e. The quantitative estimate of drug-likeness (QED) is 0.871. The van der Waals surface area contributed by atoms with Crippen LogP contribution in [0.15, 0.2) is 24.3 Å². The van der Waals surface area contributed by atoms with Gasteiger partial charge in [-0.2, -0.15) is 13.2 Å². The van der Waals surface area contributed by atoms with Crippen LogP contribution < -0.4 is 4.90 Å². The Morgan fingerprint density at radius 3 is 2.81 bits per heavy atom. The lowest BCUT2D eigenvalue weighted by molar-refractivity contribution is -0.150. The highest BCUT2D eigenvalue weighted by Crippen LogP contribution is 2.34. The SMILES string of the molecule is CCOC(=O)C1CCN(c2cccc(C(F)(F)F)c2)C1O. The lowest BCUT2D eigenvalue weighted by atomic mass is 10.1. The smallest absolute Gasteiger partial charge is 0.416 e. The number of carbonyl (C=O) groups excluding carboxylic acids is 1. The average molecular weight is 303 g/mol. The second-order valence-electron chi connectivity index (χ2n) is 4.80. The summed E-state index contributed by atoms with van der Waals surface area (Å²) in [5, 5.41) is 10.1. The van der Waals surface area contributed by atoms with E-state index in [0.29, 0.717) is 13.0 Å². The number of aliphatic hydroxyl groups excluding tert-OH is 1. The maximum Gasteiger partial charge on any atom is 0.416 e. The van der Waals surface area contributed by atoms with E-state index in [1.807, 2.05) is 0 Å². The average Bonchev–Trinajstić information content (AvgIpc) is 2.80. The van der Waals surface area contributed by atoms with Gasteiger partial charge in [-0.3, -0.25) is 4.79 Å². The molecule has 0 amide bonds. The fourth-order valence-electron chi connectivity index (χ4n) is 2.41. The molecule has 0 saturated carbocycles. The van der Waals surface area contributed by atoms with Gasteiger partial charge in [-0.05, 0) is 31.5 Å². The van der Waals surface area contributed by atoms with E-state index in [9.17, 15) is 23.1 Å². The Bertz CT molecular complexity index is 518. The number of esters is 1. The summed E-state index contributed by atoms with van der Waals surface area (Å²) in [4.78, 5) is 13.1. The number of rotatable bonds is 3. The molecule has 1 aliphatic rings. The number of nitrogens with zero attached hydrogens (tertiary/aromatic N) is 1. The van der Waals surface area contributed by atoms with Gasteiger partial charge in [0.15, 0.2) is 0 Å². The zero-order valence-corrected chi connectivity index (χ0v) is 11.4. The van der Waals surface area contributed by atoms with Crippen LogP contribution in [0.25, 0.3) is 0 Å². The van der Waals surface area contributed by atoms with Crippen LogP contribution in [0.4, 0.5) is 18.9 Å². The highest BCUT2D eigenvalue weighted by Gasteiger charge is 2.39. The maximum atomic E-state index is 12.7. The largest absolute Gasteiger partial charge is 0.466 e. The number of carbonyl (C=O) groups is 1. The first-order chi connectivity index (χ1) is 9.84. The number of benzene rings is 1. The van der Waals surface area contributed by atoms with Crippen molar-refractivity contribution >= 4 is 11.7 Å². The molecule has 1 aromatic rings. The van der Waals surface area contributed by atoms with Crippen molar-refractivity contribution in [3.8, 4) is 0 Å².